The molecule has 1 N–H and O–H groups in total. The van der Waals surface area contributed by atoms with Gasteiger partial charge >= 0.3 is 5.97 Å². The second-order valence-corrected chi connectivity index (χ2v) is 4.61. The number of carbonyl (C=O) groups excluding carboxylic acids is 1. The van der Waals surface area contributed by atoms with Crippen molar-refractivity contribution in [3.05, 3.63) is 42.0 Å². The van der Waals surface area contributed by atoms with Crippen molar-refractivity contribution in [1.82, 2.24) is 0 Å². The highest BCUT2D eigenvalue weighted by molar-refractivity contribution is 5.87. The van der Waals surface area contributed by atoms with Gasteiger partial charge in [-0.05, 0) is 37.3 Å². The van der Waals surface area contributed by atoms with E-state index >= 15 is 0 Å². The second-order valence-electron chi connectivity index (χ2n) is 4.61. The molecule has 1 aromatic rings. The average molecular weight is 246 g/mol. The molecule has 0 unspecified atom stereocenters. The lowest BCUT2D eigenvalue weighted by Crippen LogP contribution is -2.25. The number of hydrogen-bond acceptors (Lipinski definition) is 3. The first-order valence-corrected chi connectivity index (χ1v) is 6.36. The number of esters is 1. The van der Waals surface area contributed by atoms with E-state index in [0.29, 0.717) is 0 Å². The van der Waals surface area contributed by atoms with E-state index in [-0.39, 0.29) is 18.2 Å². The van der Waals surface area contributed by atoms with Crippen molar-refractivity contribution >= 4 is 12.0 Å². The minimum atomic E-state index is -0.305. The molecule has 0 heterocycles. The maximum absolute atomic E-state index is 11.6. The molecule has 1 aliphatic carbocycles. The summed E-state index contributed by atoms with van der Waals surface area (Å²) in [6.07, 6.45) is 5.90. The fourth-order valence-electron chi connectivity index (χ4n) is 2.10. The number of aliphatic hydroxyl groups excluding tert-OH is 1. The van der Waals surface area contributed by atoms with Gasteiger partial charge in [-0.25, -0.2) is 4.79 Å². The van der Waals surface area contributed by atoms with Gasteiger partial charge in [0.2, 0.25) is 0 Å². The summed E-state index contributed by atoms with van der Waals surface area (Å²) in [5.74, 6) is -0.305. The highest BCUT2D eigenvalue weighted by Crippen LogP contribution is 2.21. The van der Waals surface area contributed by atoms with Crippen LogP contribution in [0.5, 0.6) is 0 Å². The largest absolute Gasteiger partial charge is 0.459 e. The van der Waals surface area contributed by atoms with Gasteiger partial charge in [-0.15, -0.1) is 0 Å². The van der Waals surface area contributed by atoms with Crippen LogP contribution >= 0.6 is 0 Å². The summed E-state index contributed by atoms with van der Waals surface area (Å²) in [5, 5.41) is 9.36. The summed E-state index contributed by atoms with van der Waals surface area (Å²) in [6, 6.07) is 9.64. The third-order valence-corrected chi connectivity index (χ3v) is 3.14. The summed E-state index contributed by atoms with van der Waals surface area (Å²) in [5.41, 5.74) is 0.980. The van der Waals surface area contributed by atoms with Crippen LogP contribution in [0.4, 0.5) is 0 Å². The number of rotatable bonds is 3. The Hall–Kier alpha value is -1.61. The first kappa shape index (κ1) is 12.8. The van der Waals surface area contributed by atoms with Gasteiger partial charge in [0, 0.05) is 6.08 Å². The van der Waals surface area contributed by atoms with E-state index in [1.165, 1.54) is 6.08 Å². The summed E-state index contributed by atoms with van der Waals surface area (Å²) < 4.78 is 5.32. The summed E-state index contributed by atoms with van der Waals surface area (Å²) in [4.78, 5) is 11.6. The standard InChI is InChI=1S/C15H18O3/c16-13-7-9-14(10-8-13)18-15(17)11-6-12-4-2-1-3-5-12/h1-6,11,13-14,16H,7-10H2/b11-6+. The molecule has 3 heteroatoms. The lowest BCUT2D eigenvalue weighted by molar-refractivity contribution is -0.145. The second kappa shape index (κ2) is 6.36. The van der Waals surface area contributed by atoms with E-state index in [2.05, 4.69) is 0 Å². The molecule has 0 atom stereocenters. The summed E-state index contributed by atoms with van der Waals surface area (Å²) in [6.45, 7) is 0. The molecule has 0 amide bonds. The topological polar surface area (TPSA) is 46.5 Å². The Morgan fingerprint density at radius 2 is 1.83 bits per heavy atom. The first-order valence-electron chi connectivity index (χ1n) is 6.36. The Kier molecular flexibility index (Phi) is 4.53. The Morgan fingerprint density at radius 1 is 1.17 bits per heavy atom. The minimum Gasteiger partial charge on any atom is -0.459 e. The SMILES string of the molecule is O=C(/C=C/c1ccccc1)OC1CCC(O)CC1. The molecule has 3 nitrogen and oxygen atoms in total. The fourth-order valence-corrected chi connectivity index (χ4v) is 2.10. The van der Waals surface area contributed by atoms with E-state index in [1.54, 1.807) is 6.08 Å². The molecule has 1 aliphatic rings. The molecule has 96 valence electrons. The third kappa shape index (κ3) is 4.00. The molecule has 1 fully saturated rings. The van der Waals surface area contributed by atoms with E-state index in [4.69, 9.17) is 4.74 Å². The van der Waals surface area contributed by atoms with Crippen LogP contribution in [0.2, 0.25) is 0 Å². The zero-order chi connectivity index (χ0) is 12.8. The molecule has 0 aliphatic heterocycles. The van der Waals surface area contributed by atoms with Crippen LogP contribution in [0.3, 0.4) is 0 Å². The summed E-state index contributed by atoms with van der Waals surface area (Å²) >= 11 is 0. The lowest BCUT2D eigenvalue weighted by atomic mass is 9.95. The Balaban J connectivity index is 1.80. The van der Waals surface area contributed by atoms with Crippen molar-refractivity contribution in [1.29, 1.82) is 0 Å². The van der Waals surface area contributed by atoms with Crippen molar-refractivity contribution in [3.8, 4) is 0 Å². The van der Waals surface area contributed by atoms with Crippen molar-refractivity contribution in [3.63, 3.8) is 0 Å². The molecule has 0 bridgehead atoms. The number of ether oxygens (including phenoxy) is 1. The predicted molar refractivity (Wildman–Crippen MR) is 69.8 cm³/mol. The van der Waals surface area contributed by atoms with Crippen LogP contribution < -0.4 is 0 Å². The highest BCUT2D eigenvalue weighted by Gasteiger charge is 2.21. The number of hydrogen-bond donors (Lipinski definition) is 1. The minimum absolute atomic E-state index is 0.0404. The molecule has 1 aromatic carbocycles. The van der Waals surface area contributed by atoms with E-state index in [9.17, 15) is 9.90 Å². The summed E-state index contributed by atoms with van der Waals surface area (Å²) in [7, 11) is 0. The van der Waals surface area contributed by atoms with Crippen LogP contribution in [0.1, 0.15) is 31.2 Å². The van der Waals surface area contributed by atoms with Crippen molar-refractivity contribution in [2.75, 3.05) is 0 Å². The van der Waals surface area contributed by atoms with Gasteiger partial charge in [-0.3, -0.25) is 0 Å². The molecule has 1 saturated carbocycles. The number of carbonyl (C=O) groups is 1. The average Bonchev–Trinajstić information content (AvgIpc) is 2.40. The van der Waals surface area contributed by atoms with Crippen molar-refractivity contribution in [2.24, 2.45) is 0 Å². The molecule has 0 saturated heterocycles. The maximum atomic E-state index is 11.6. The van der Waals surface area contributed by atoms with Crippen LogP contribution in [0, 0.1) is 0 Å². The Labute approximate surface area is 107 Å². The van der Waals surface area contributed by atoms with E-state index < -0.39 is 0 Å². The molecular formula is C15H18O3. The van der Waals surface area contributed by atoms with Gasteiger partial charge in [-0.2, -0.15) is 0 Å². The normalized spacial score (nSPS) is 24.1. The van der Waals surface area contributed by atoms with Crippen molar-refractivity contribution < 1.29 is 14.6 Å². The zero-order valence-corrected chi connectivity index (χ0v) is 10.3. The molecule has 18 heavy (non-hydrogen) atoms. The van der Waals surface area contributed by atoms with Crippen LogP contribution in [0.25, 0.3) is 6.08 Å². The monoisotopic (exact) mass is 246 g/mol. The van der Waals surface area contributed by atoms with Crippen LogP contribution in [-0.4, -0.2) is 23.3 Å². The zero-order valence-electron chi connectivity index (χ0n) is 10.3. The van der Waals surface area contributed by atoms with Crippen LogP contribution in [-0.2, 0) is 9.53 Å². The van der Waals surface area contributed by atoms with Gasteiger partial charge in [0.05, 0.1) is 6.10 Å². The van der Waals surface area contributed by atoms with Gasteiger partial charge in [0.1, 0.15) is 6.10 Å². The van der Waals surface area contributed by atoms with Crippen LogP contribution in [0.15, 0.2) is 36.4 Å². The van der Waals surface area contributed by atoms with Gasteiger partial charge in [0.25, 0.3) is 0 Å². The molecule has 0 radical (unpaired) electrons. The Bertz CT molecular complexity index is 403. The third-order valence-electron chi connectivity index (χ3n) is 3.14. The molecular weight excluding hydrogens is 228 g/mol. The quantitative estimate of drug-likeness (QED) is 0.658. The smallest absolute Gasteiger partial charge is 0.331 e. The van der Waals surface area contributed by atoms with Gasteiger partial charge in [0.15, 0.2) is 0 Å². The number of benzene rings is 1. The van der Waals surface area contributed by atoms with E-state index in [0.717, 1.165) is 31.2 Å². The van der Waals surface area contributed by atoms with Crippen molar-refractivity contribution in [2.45, 2.75) is 37.9 Å². The van der Waals surface area contributed by atoms with E-state index in [1.807, 2.05) is 30.3 Å². The molecule has 0 spiro atoms. The maximum Gasteiger partial charge on any atom is 0.331 e. The fraction of sp³-hybridized carbons (Fsp3) is 0.400. The Morgan fingerprint density at radius 3 is 2.50 bits per heavy atom. The predicted octanol–water partition coefficient (Wildman–Crippen LogP) is 2.55. The first-order chi connectivity index (χ1) is 8.74. The molecule has 0 aromatic heterocycles. The lowest BCUT2D eigenvalue weighted by Gasteiger charge is -2.24. The van der Waals surface area contributed by atoms with Gasteiger partial charge in [-0.1, -0.05) is 30.3 Å². The molecule has 2 rings (SSSR count). The van der Waals surface area contributed by atoms with Gasteiger partial charge < -0.3 is 9.84 Å². The highest BCUT2D eigenvalue weighted by atomic mass is 16.5. The number of aliphatic hydroxyl groups is 1.